The highest BCUT2D eigenvalue weighted by atomic mass is 19.1. The summed E-state index contributed by atoms with van der Waals surface area (Å²) in [4.78, 5) is 12.7. The Morgan fingerprint density at radius 1 is 0.861 bits per heavy atom. The predicted octanol–water partition coefficient (Wildman–Crippen LogP) is 4.84. The molecule has 0 amide bonds. The molecule has 0 saturated carbocycles. The number of hydrogen-bond acceptors (Lipinski definition) is 9. The first-order chi connectivity index (χ1) is 17.5. The standard InChI is InChI=1S/C26H23FN2O7/c1-31-21-12-17(13-22(32-2)24(21)33-3)25-29-28-23(36-25)15-35-26(30)19-6-4-5-7-20(19)34-14-16-8-10-18(27)11-9-16/h4-13H,14-15H2,1-3H3. The van der Waals surface area contributed by atoms with Crippen molar-refractivity contribution in [2.24, 2.45) is 0 Å². The van der Waals surface area contributed by atoms with Crippen LogP contribution >= 0.6 is 0 Å². The van der Waals surface area contributed by atoms with Gasteiger partial charge < -0.3 is 28.1 Å². The van der Waals surface area contributed by atoms with E-state index < -0.39 is 5.97 Å². The van der Waals surface area contributed by atoms with Crippen LogP contribution in [0, 0.1) is 5.82 Å². The Bertz CT molecular complexity index is 1310. The summed E-state index contributed by atoms with van der Waals surface area (Å²) in [5.41, 5.74) is 1.52. The maximum atomic E-state index is 13.1. The highest BCUT2D eigenvalue weighted by molar-refractivity contribution is 5.92. The fourth-order valence-electron chi connectivity index (χ4n) is 3.34. The Kier molecular flexibility index (Phi) is 7.64. The quantitative estimate of drug-likeness (QED) is 0.287. The molecule has 0 N–H and O–H groups in total. The molecule has 186 valence electrons. The van der Waals surface area contributed by atoms with Crippen molar-refractivity contribution < 1.29 is 37.3 Å². The first kappa shape index (κ1) is 24.5. The number of methoxy groups -OCH3 is 3. The van der Waals surface area contributed by atoms with Gasteiger partial charge in [0.15, 0.2) is 18.1 Å². The molecule has 0 bridgehead atoms. The average Bonchev–Trinajstić information content (AvgIpc) is 3.40. The van der Waals surface area contributed by atoms with Gasteiger partial charge in [-0.25, -0.2) is 9.18 Å². The summed E-state index contributed by atoms with van der Waals surface area (Å²) in [7, 11) is 4.51. The van der Waals surface area contributed by atoms with Gasteiger partial charge in [-0.15, -0.1) is 10.2 Å². The summed E-state index contributed by atoms with van der Waals surface area (Å²) in [6, 6.07) is 15.9. The zero-order valence-corrected chi connectivity index (χ0v) is 19.8. The van der Waals surface area contributed by atoms with E-state index in [1.807, 2.05) is 0 Å². The molecule has 4 rings (SSSR count). The van der Waals surface area contributed by atoms with E-state index in [0.29, 0.717) is 28.6 Å². The fraction of sp³-hybridized carbons (Fsp3) is 0.192. The SMILES string of the molecule is COc1cc(-c2nnc(COC(=O)c3ccccc3OCc3ccc(F)cc3)o2)cc(OC)c1OC. The molecule has 10 heteroatoms. The second-order valence-corrected chi connectivity index (χ2v) is 7.40. The summed E-state index contributed by atoms with van der Waals surface area (Å²) >= 11 is 0. The number of aromatic nitrogens is 2. The molecule has 3 aromatic carbocycles. The van der Waals surface area contributed by atoms with Gasteiger partial charge in [-0.05, 0) is 42.0 Å². The third-order valence-corrected chi connectivity index (χ3v) is 5.12. The third kappa shape index (κ3) is 5.54. The van der Waals surface area contributed by atoms with E-state index in [2.05, 4.69) is 10.2 Å². The van der Waals surface area contributed by atoms with E-state index >= 15 is 0 Å². The maximum Gasteiger partial charge on any atom is 0.342 e. The number of rotatable bonds is 10. The Morgan fingerprint density at radius 3 is 2.22 bits per heavy atom. The van der Waals surface area contributed by atoms with E-state index in [0.717, 1.165) is 5.56 Å². The molecule has 0 saturated heterocycles. The smallest absolute Gasteiger partial charge is 0.342 e. The number of halogens is 1. The lowest BCUT2D eigenvalue weighted by Crippen LogP contribution is -2.08. The van der Waals surface area contributed by atoms with Gasteiger partial charge in [-0.3, -0.25) is 0 Å². The Labute approximate surface area is 206 Å². The van der Waals surface area contributed by atoms with E-state index in [4.69, 9.17) is 28.1 Å². The van der Waals surface area contributed by atoms with Gasteiger partial charge in [0.05, 0.1) is 21.3 Å². The molecule has 9 nitrogen and oxygen atoms in total. The van der Waals surface area contributed by atoms with Gasteiger partial charge in [-0.2, -0.15) is 0 Å². The van der Waals surface area contributed by atoms with Gasteiger partial charge >= 0.3 is 5.97 Å². The molecule has 36 heavy (non-hydrogen) atoms. The van der Waals surface area contributed by atoms with Crippen LogP contribution in [0.1, 0.15) is 21.8 Å². The summed E-state index contributed by atoms with van der Waals surface area (Å²) in [5, 5.41) is 7.97. The zero-order valence-electron chi connectivity index (χ0n) is 19.8. The molecule has 0 fully saturated rings. The molecule has 1 aromatic heterocycles. The summed E-state index contributed by atoms with van der Waals surface area (Å²) in [6.45, 7) is -0.0884. The van der Waals surface area contributed by atoms with Crippen molar-refractivity contribution in [2.45, 2.75) is 13.2 Å². The van der Waals surface area contributed by atoms with Gasteiger partial charge in [0, 0.05) is 5.56 Å². The van der Waals surface area contributed by atoms with E-state index in [1.165, 1.54) is 33.5 Å². The largest absolute Gasteiger partial charge is 0.493 e. The lowest BCUT2D eigenvalue weighted by Gasteiger charge is -2.12. The summed E-state index contributed by atoms with van der Waals surface area (Å²) in [5.74, 6) is 0.924. The molecule has 0 aliphatic carbocycles. The van der Waals surface area contributed by atoms with Crippen molar-refractivity contribution in [1.82, 2.24) is 10.2 Å². The van der Waals surface area contributed by atoms with Crippen molar-refractivity contribution in [1.29, 1.82) is 0 Å². The Balaban J connectivity index is 1.43. The van der Waals surface area contributed by atoms with Crippen molar-refractivity contribution in [3.8, 4) is 34.5 Å². The van der Waals surface area contributed by atoms with Crippen LogP contribution in [0.2, 0.25) is 0 Å². The van der Waals surface area contributed by atoms with Gasteiger partial charge in [0.25, 0.3) is 5.89 Å². The van der Waals surface area contributed by atoms with Crippen molar-refractivity contribution >= 4 is 5.97 Å². The highest BCUT2D eigenvalue weighted by Crippen LogP contribution is 2.40. The molecule has 0 spiro atoms. The minimum atomic E-state index is -0.628. The lowest BCUT2D eigenvalue weighted by atomic mass is 10.2. The van der Waals surface area contributed by atoms with Crippen LogP contribution in [0.15, 0.2) is 65.1 Å². The second kappa shape index (κ2) is 11.2. The molecule has 0 atom stereocenters. The molecule has 4 aromatic rings. The van der Waals surface area contributed by atoms with Crippen LogP contribution in [0.25, 0.3) is 11.5 Å². The molecule has 0 unspecified atom stereocenters. The predicted molar refractivity (Wildman–Crippen MR) is 126 cm³/mol. The van der Waals surface area contributed by atoms with Crippen molar-refractivity contribution in [2.75, 3.05) is 21.3 Å². The number of nitrogens with zero attached hydrogens (tertiary/aromatic N) is 2. The monoisotopic (exact) mass is 494 g/mol. The number of para-hydroxylation sites is 1. The van der Waals surface area contributed by atoms with Crippen LogP contribution in [-0.4, -0.2) is 37.5 Å². The Morgan fingerprint density at radius 2 is 1.56 bits per heavy atom. The van der Waals surface area contributed by atoms with E-state index in [1.54, 1.807) is 48.5 Å². The van der Waals surface area contributed by atoms with Gasteiger partial charge in [0.1, 0.15) is 23.7 Å². The number of benzene rings is 3. The van der Waals surface area contributed by atoms with E-state index in [-0.39, 0.29) is 36.4 Å². The Hall–Kier alpha value is -4.60. The van der Waals surface area contributed by atoms with Gasteiger partial charge in [-0.1, -0.05) is 24.3 Å². The fourth-order valence-corrected chi connectivity index (χ4v) is 3.34. The minimum absolute atomic E-state index is 0.0943. The first-order valence-electron chi connectivity index (χ1n) is 10.8. The van der Waals surface area contributed by atoms with Crippen LogP contribution in [0.5, 0.6) is 23.0 Å². The van der Waals surface area contributed by atoms with Crippen LogP contribution in [-0.2, 0) is 18.0 Å². The maximum absolute atomic E-state index is 13.1. The average molecular weight is 494 g/mol. The van der Waals surface area contributed by atoms with Gasteiger partial charge in [0.2, 0.25) is 11.6 Å². The number of hydrogen-bond donors (Lipinski definition) is 0. The molecule has 1 heterocycles. The molecular formula is C26H23FN2O7. The number of carbonyl (C=O) groups is 1. The molecule has 0 aliphatic rings. The van der Waals surface area contributed by atoms with Crippen LogP contribution in [0.3, 0.4) is 0 Å². The molecule has 0 radical (unpaired) electrons. The highest BCUT2D eigenvalue weighted by Gasteiger charge is 2.19. The normalized spacial score (nSPS) is 10.6. The zero-order chi connectivity index (χ0) is 25.5. The molecule has 0 aliphatic heterocycles. The lowest BCUT2D eigenvalue weighted by molar-refractivity contribution is 0.0433. The number of carbonyl (C=O) groups excluding carboxylic acids is 1. The first-order valence-corrected chi connectivity index (χ1v) is 10.8. The third-order valence-electron chi connectivity index (χ3n) is 5.12. The van der Waals surface area contributed by atoms with Crippen molar-refractivity contribution in [3.05, 3.63) is 83.5 Å². The van der Waals surface area contributed by atoms with Crippen molar-refractivity contribution in [3.63, 3.8) is 0 Å². The molecular weight excluding hydrogens is 471 g/mol. The topological polar surface area (TPSA) is 102 Å². The minimum Gasteiger partial charge on any atom is -0.493 e. The van der Waals surface area contributed by atoms with E-state index in [9.17, 15) is 9.18 Å². The van der Waals surface area contributed by atoms with Crippen LogP contribution < -0.4 is 18.9 Å². The number of ether oxygens (including phenoxy) is 5. The number of esters is 1. The van der Waals surface area contributed by atoms with Crippen LogP contribution in [0.4, 0.5) is 4.39 Å². The summed E-state index contributed by atoms with van der Waals surface area (Å²) < 4.78 is 45.9. The second-order valence-electron chi connectivity index (χ2n) is 7.40. The summed E-state index contributed by atoms with van der Waals surface area (Å²) in [6.07, 6.45) is 0.